The van der Waals surface area contributed by atoms with Gasteiger partial charge < -0.3 is 20.3 Å². The number of hydrogen-bond acceptors (Lipinski definition) is 8. The quantitative estimate of drug-likeness (QED) is 0.421. The SMILES string of the molecule is COC[C@H]1C/C(=C/Nc2nc(Nc3c(F)cnn3C)ncc2C)C(=N)C(=O)N1Cc1ccc(F)c(F)c1. The summed E-state index contributed by atoms with van der Waals surface area (Å²) in [6.07, 6.45) is 4.41. The number of nitrogens with one attached hydrogen (secondary N) is 3. The number of carbonyl (C=O) groups excluding carboxylic acids is 1. The van der Waals surface area contributed by atoms with E-state index in [-0.39, 0.29) is 37.1 Å². The summed E-state index contributed by atoms with van der Waals surface area (Å²) in [4.78, 5) is 23.0. The van der Waals surface area contributed by atoms with Gasteiger partial charge in [0, 0.05) is 44.2 Å². The standard InChI is InChI=1S/C24H25F3N8O2/c1-13-8-30-24(33-22-19(27)10-31-34(22)2)32-21(13)29-9-15-7-16(12-37-3)35(23(36)20(15)28)11-14-4-5-17(25)18(26)6-14/h4-6,8-10,16,28H,7,11-12H2,1-3H3,(H2,29,30,32,33)/b15-9-,28-20?/t16-/m1/s1. The fraction of sp³-hybridized carbons (Fsp3) is 0.292. The molecule has 1 saturated heterocycles. The molecule has 0 saturated carbocycles. The molecule has 13 heteroatoms. The van der Waals surface area contributed by atoms with Crippen LogP contribution in [0, 0.1) is 29.8 Å². The fourth-order valence-corrected chi connectivity index (χ4v) is 3.88. The zero-order chi connectivity index (χ0) is 26.7. The number of aryl methyl sites for hydroxylation is 2. The molecule has 1 fully saturated rings. The van der Waals surface area contributed by atoms with Crippen molar-refractivity contribution in [1.82, 2.24) is 24.6 Å². The van der Waals surface area contributed by atoms with Gasteiger partial charge in [-0.1, -0.05) is 6.07 Å². The molecule has 37 heavy (non-hydrogen) atoms. The molecule has 3 N–H and O–H groups in total. The first-order valence-corrected chi connectivity index (χ1v) is 11.2. The lowest BCUT2D eigenvalue weighted by Gasteiger charge is -2.36. The molecule has 10 nitrogen and oxygen atoms in total. The van der Waals surface area contributed by atoms with Crippen molar-refractivity contribution in [3.63, 3.8) is 0 Å². The summed E-state index contributed by atoms with van der Waals surface area (Å²) in [5.74, 6) is -2.51. The van der Waals surface area contributed by atoms with Gasteiger partial charge in [0.15, 0.2) is 23.3 Å². The molecule has 1 aromatic carbocycles. The number of carbonyl (C=O) groups is 1. The molecular weight excluding hydrogens is 489 g/mol. The number of nitrogens with zero attached hydrogens (tertiary/aromatic N) is 5. The van der Waals surface area contributed by atoms with Gasteiger partial charge in [0.05, 0.1) is 18.8 Å². The summed E-state index contributed by atoms with van der Waals surface area (Å²) in [5.41, 5.74) is 1.24. The zero-order valence-corrected chi connectivity index (χ0v) is 20.3. The van der Waals surface area contributed by atoms with Crippen molar-refractivity contribution in [3.05, 3.63) is 70.9 Å². The minimum atomic E-state index is -1.01. The Kier molecular flexibility index (Phi) is 7.53. The van der Waals surface area contributed by atoms with Crippen molar-refractivity contribution in [1.29, 1.82) is 5.41 Å². The minimum absolute atomic E-state index is 0.00221. The first kappa shape index (κ1) is 25.8. The van der Waals surface area contributed by atoms with Crippen LogP contribution >= 0.6 is 0 Å². The third-order valence-corrected chi connectivity index (χ3v) is 5.87. The molecule has 0 radical (unpaired) electrons. The van der Waals surface area contributed by atoms with Crippen molar-refractivity contribution in [2.75, 3.05) is 24.4 Å². The number of halogens is 3. The summed E-state index contributed by atoms with van der Waals surface area (Å²) in [6, 6.07) is 2.99. The number of piperidine rings is 1. The van der Waals surface area contributed by atoms with Gasteiger partial charge in [-0.25, -0.2) is 22.8 Å². The van der Waals surface area contributed by atoms with E-state index in [1.165, 1.54) is 29.0 Å². The molecule has 3 heterocycles. The number of likely N-dealkylation sites (tertiary alicyclic amines) is 1. The van der Waals surface area contributed by atoms with E-state index in [1.54, 1.807) is 20.2 Å². The van der Waals surface area contributed by atoms with Crippen molar-refractivity contribution in [2.24, 2.45) is 7.05 Å². The van der Waals surface area contributed by atoms with Gasteiger partial charge >= 0.3 is 0 Å². The second kappa shape index (κ2) is 10.8. The van der Waals surface area contributed by atoms with Crippen molar-refractivity contribution < 1.29 is 22.7 Å². The predicted molar refractivity (Wildman–Crippen MR) is 130 cm³/mol. The average molecular weight is 515 g/mol. The van der Waals surface area contributed by atoms with Crippen LogP contribution in [0.15, 0.2) is 42.4 Å². The third-order valence-electron chi connectivity index (χ3n) is 5.87. The number of benzene rings is 1. The normalized spacial score (nSPS) is 17.0. The van der Waals surface area contributed by atoms with Crippen LogP contribution in [0.2, 0.25) is 0 Å². The lowest BCUT2D eigenvalue weighted by molar-refractivity contribution is -0.129. The fourth-order valence-electron chi connectivity index (χ4n) is 3.88. The summed E-state index contributed by atoms with van der Waals surface area (Å²) in [6.45, 7) is 1.94. The van der Waals surface area contributed by atoms with Crippen LogP contribution in [-0.2, 0) is 23.1 Å². The molecule has 194 valence electrons. The average Bonchev–Trinajstić information content (AvgIpc) is 3.18. The maximum Gasteiger partial charge on any atom is 0.272 e. The second-order valence-corrected chi connectivity index (χ2v) is 8.50. The second-order valence-electron chi connectivity index (χ2n) is 8.50. The summed E-state index contributed by atoms with van der Waals surface area (Å²) in [5, 5.41) is 18.0. The lowest BCUT2D eigenvalue weighted by Crippen LogP contribution is -2.50. The minimum Gasteiger partial charge on any atom is -0.383 e. The van der Waals surface area contributed by atoms with Crippen LogP contribution in [0.25, 0.3) is 0 Å². The molecular formula is C24H25F3N8O2. The Hall–Kier alpha value is -4.26. The maximum atomic E-state index is 13.9. The molecule has 2 aromatic heterocycles. The van der Waals surface area contributed by atoms with Gasteiger partial charge in [-0.3, -0.25) is 10.2 Å². The maximum absolute atomic E-state index is 13.9. The molecule has 1 aliphatic heterocycles. The highest BCUT2D eigenvalue weighted by Gasteiger charge is 2.35. The third kappa shape index (κ3) is 5.61. The van der Waals surface area contributed by atoms with Crippen LogP contribution < -0.4 is 10.6 Å². The molecule has 1 amide bonds. The number of aromatic nitrogens is 4. The van der Waals surface area contributed by atoms with E-state index < -0.39 is 29.4 Å². The van der Waals surface area contributed by atoms with Gasteiger partial charge in [0.25, 0.3) is 5.91 Å². The Morgan fingerprint density at radius 3 is 2.68 bits per heavy atom. The molecule has 4 rings (SSSR count). The monoisotopic (exact) mass is 514 g/mol. The molecule has 3 aromatic rings. The van der Waals surface area contributed by atoms with E-state index >= 15 is 0 Å². The molecule has 1 atom stereocenters. The highest BCUT2D eigenvalue weighted by Crippen LogP contribution is 2.25. The van der Waals surface area contributed by atoms with E-state index in [0.29, 0.717) is 22.5 Å². The van der Waals surface area contributed by atoms with Gasteiger partial charge in [-0.05, 0) is 31.0 Å². The van der Waals surface area contributed by atoms with Gasteiger partial charge in [0.1, 0.15) is 11.5 Å². The Labute approximate surface area is 210 Å². The predicted octanol–water partition coefficient (Wildman–Crippen LogP) is 3.44. The van der Waals surface area contributed by atoms with Crippen LogP contribution in [-0.4, -0.2) is 56.0 Å². The Morgan fingerprint density at radius 1 is 1.22 bits per heavy atom. The number of amides is 1. The largest absolute Gasteiger partial charge is 0.383 e. The van der Waals surface area contributed by atoms with Gasteiger partial charge in [-0.15, -0.1) is 0 Å². The Morgan fingerprint density at radius 2 is 2.00 bits per heavy atom. The van der Waals surface area contributed by atoms with Crippen LogP contribution in [0.5, 0.6) is 0 Å². The topological polar surface area (TPSA) is 121 Å². The van der Waals surface area contributed by atoms with Gasteiger partial charge in [0.2, 0.25) is 5.95 Å². The van der Waals surface area contributed by atoms with Crippen molar-refractivity contribution in [3.8, 4) is 0 Å². The van der Waals surface area contributed by atoms with E-state index in [1.807, 2.05) is 0 Å². The molecule has 0 aliphatic carbocycles. The summed E-state index contributed by atoms with van der Waals surface area (Å²) < 4.78 is 47.5. The number of anilines is 3. The number of methoxy groups -OCH3 is 1. The van der Waals surface area contributed by atoms with Crippen molar-refractivity contribution >= 4 is 29.2 Å². The van der Waals surface area contributed by atoms with Crippen LogP contribution in [0.3, 0.4) is 0 Å². The summed E-state index contributed by atoms with van der Waals surface area (Å²) >= 11 is 0. The molecule has 0 bridgehead atoms. The van der Waals surface area contributed by atoms with E-state index in [4.69, 9.17) is 10.1 Å². The number of hydrogen-bond donors (Lipinski definition) is 3. The zero-order valence-electron chi connectivity index (χ0n) is 20.3. The molecule has 0 spiro atoms. The summed E-state index contributed by atoms with van der Waals surface area (Å²) in [7, 11) is 3.06. The smallest absolute Gasteiger partial charge is 0.272 e. The van der Waals surface area contributed by atoms with Gasteiger partial charge in [-0.2, -0.15) is 10.1 Å². The van der Waals surface area contributed by atoms with Crippen molar-refractivity contribution in [2.45, 2.75) is 25.9 Å². The first-order valence-electron chi connectivity index (χ1n) is 11.2. The Bertz CT molecular complexity index is 1350. The highest BCUT2D eigenvalue weighted by atomic mass is 19.2. The van der Waals surface area contributed by atoms with Crippen LogP contribution in [0.4, 0.5) is 30.8 Å². The number of ether oxygens (including phenoxy) is 1. The van der Waals surface area contributed by atoms with E-state index in [2.05, 4.69) is 25.7 Å². The van der Waals surface area contributed by atoms with Crippen LogP contribution in [0.1, 0.15) is 17.5 Å². The van der Waals surface area contributed by atoms with E-state index in [0.717, 1.165) is 18.3 Å². The molecule has 1 aliphatic rings. The lowest BCUT2D eigenvalue weighted by atomic mass is 9.94. The Balaban J connectivity index is 1.53. The first-order chi connectivity index (χ1) is 17.7. The number of rotatable bonds is 8. The molecule has 0 unspecified atom stereocenters. The van der Waals surface area contributed by atoms with E-state index in [9.17, 15) is 18.0 Å². The highest BCUT2D eigenvalue weighted by molar-refractivity contribution is 6.44.